The quantitative estimate of drug-likeness (QED) is 0.796. The van der Waals surface area contributed by atoms with E-state index in [2.05, 4.69) is 5.32 Å². The van der Waals surface area contributed by atoms with Crippen LogP contribution in [-0.4, -0.2) is 13.0 Å². The molecule has 2 aromatic rings. The number of benzene rings is 2. The number of rotatable bonds is 5. The van der Waals surface area contributed by atoms with Gasteiger partial charge in [0.15, 0.2) is 0 Å². The fourth-order valence-corrected chi connectivity index (χ4v) is 2.30. The van der Waals surface area contributed by atoms with Gasteiger partial charge in [0, 0.05) is 12.0 Å². The van der Waals surface area contributed by atoms with Gasteiger partial charge >= 0.3 is 6.18 Å². The first-order chi connectivity index (χ1) is 11.7. The van der Waals surface area contributed by atoms with Crippen LogP contribution in [0, 0.1) is 5.92 Å². The highest BCUT2D eigenvalue weighted by molar-refractivity contribution is 5.95. The van der Waals surface area contributed by atoms with Gasteiger partial charge in [0.25, 0.3) is 0 Å². The van der Waals surface area contributed by atoms with Crippen LogP contribution in [0.3, 0.4) is 0 Å². The number of alkyl halides is 3. The molecule has 0 spiro atoms. The number of anilines is 2. The molecule has 0 radical (unpaired) electrons. The lowest BCUT2D eigenvalue weighted by molar-refractivity contribution is -0.137. The van der Waals surface area contributed by atoms with E-state index in [4.69, 9.17) is 10.5 Å². The van der Waals surface area contributed by atoms with Crippen molar-refractivity contribution in [1.82, 2.24) is 0 Å². The summed E-state index contributed by atoms with van der Waals surface area (Å²) >= 11 is 0. The van der Waals surface area contributed by atoms with Crippen molar-refractivity contribution in [3.63, 3.8) is 0 Å². The van der Waals surface area contributed by atoms with Gasteiger partial charge in [-0.1, -0.05) is 19.1 Å². The lowest BCUT2D eigenvalue weighted by Gasteiger charge is -2.15. The number of carbonyl (C=O) groups is 1. The van der Waals surface area contributed by atoms with Gasteiger partial charge in [-0.25, -0.2) is 0 Å². The molecule has 2 aromatic carbocycles. The highest BCUT2D eigenvalue weighted by Gasteiger charge is 2.30. The molecule has 1 amide bonds. The van der Waals surface area contributed by atoms with E-state index in [0.29, 0.717) is 29.1 Å². The predicted octanol–water partition coefficient (Wildman–Crippen LogP) is 4.11. The molecule has 2 rings (SSSR count). The zero-order chi connectivity index (χ0) is 18.6. The maximum absolute atomic E-state index is 12.6. The Hall–Kier alpha value is -2.70. The van der Waals surface area contributed by atoms with E-state index < -0.39 is 17.7 Å². The van der Waals surface area contributed by atoms with Crippen LogP contribution >= 0.6 is 0 Å². The zero-order valence-corrected chi connectivity index (χ0v) is 13.9. The zero-order valence-electron chi connectivity index (χ0n) is 13.9. The molecule has 0 heterocycles. The molecule has 0 aromatic heterocycles. The third-order valence-electron chi connectivity index (χ3n) is 3.79. The third kappa shape index (κ3) is 4.89. The van der Waals surface area contributed by atoms with Gasteiger partial charge in [-0.2, -0.15) is 13.2 Å². The van der Waals surface area contributed by atoms with E-state index in [1.165, 1.54) is 19.2 Å². The number of halogens is 3. The van der Waals surface area contributed by atoms with Crippen LogP contribution in [0.1, 0.15) is 18.1 Å². The number of nitrogens with one attached hydrogen (secondary N) is 1. The van der Waals surface area contributed by atoms with Crippen LogP contribution < -0.4 is 15.8 Å². The summed E-state index contributed by atoms with van der Waals surface area (Å²) in [6, 6.07) is 9.70. The topological polar surface area (TPSA) is 64.3 Å². The monoisotopic (exact) mass is 352 g/mol. The molecule has 0 saturated heterocycles. The highest BCUT2D eigenvalue weighted by atomic mass is 19.4. The van der Waals surface area contributed by atoms with Crippen LogP contribution in [0.4, 0.5) is 24.5 Å². The lowest BCUT2D eigenvalue weighted by Crippen LogP contribution is -2.22. The Balaban J connectivity index is 2.03. The summed E-state index contributed by atoms with van der Waals surface area (Å²) in [7, 11) is 1.50. The Morgan fingerprint density at radius 1 is 1.20 bits per heavy atom. The molecule has 134 valence electrons. The second-order valence-electron chi connectivity index (χ2n) is 5.74. The molecule has 0 aliphatic rings. The standard InChI is InChI=1S/C18H19F3N2O2/c1-11(9-12-3-5-13(6-4-12)18(19,20)21)17(24)23-16-10-14(25-2)7-8-15(16)22/h3-8,10-11H,9,22H2,1-2H3,(H,23,24). The van der Waals surface area contributed by atoms with E-state index in [1.54, 1.807) is 25.1 Å². The molecule has 4 nitrogen and oxygen atoms in total. The van der Waals surface area contributed by atoms with Crippen LogP contribution in [0.5, 0.6) is 5.75 Å². The van der Waals surface area contributed by atoms with Gasteiger partial charge < -0.3 is 15.8 Å². The van der Waals surface area contributed by atoms with Gasteiger partial charge in [-0.15, -0.1) is 0 Å². The summed E-state index contributed by atoms with van der Waals surface area (Å²) in [6.07, 6.45) is -4.06. The molecular weight excluding hydrogens is 333 g/mol. The molecular formula is C18H19F3N2O2. The predicted molar refractivity (Wildman–Crippen MR) is 90.3 cm³/mol. The molecule has 25 heavy (non-hydrogen) atoms. The summed E-state index contributed by atoms with van der Waals surface area (Å²) in [5.74, 6) is -0.165. The number of nitrogens with two attached hydrogens (primary N) is 1. The summed E-state index contributed by atoms with van der Waals surface area (Å²) in [6.45, 7) is 1.70. The average molecular weight is 352 g/mol. The van der Waals surface area contributed by atoms with Gasteiger partial charge in [-0.05, 0) is 36.2 Å². The normalized spacial score (nSPS) is 12.5. The summed E-state index contributed by atoms with van der Waals surface area (Å²) < 4.78 is 42.8. The smallest absolute Gasteiger partial charge is 0.416 e. The maximum Gasteiger partial charge on any atom is 0.416 e. The van der Waals surface area contributed by atoms with Crippen molar-refractivity contribution in [1.29, 1.82) is 0 Å². The van der Waals surface area contributed by atoms with Crippen LogP contribution in [0.2, 0.25) is 0 Å². The number of nitrogen functional groups attached to an aromatic ring is 1. The van der Waals surface area contributed by atoms with Crippen molar-refractivity contribution in [2.75, 3.05) is 18.2 Å². The summed E-state index contributed by atoms with van der Waals surface area (Å²) in [5, 5.41) is 2.72. The number of ether oxygens (including phenoxy) is 1. The fourth-order valence-electron chi connectivity index (χ4n) is 2.30. The van der Waals surface area contributed by atoms with Crippen LogP contribution in [-0.2, 0) is 17.4 Å². The largest absolute Gasteiger partial charge is 0.497 e. The second-order valence-corrected chi connectivity index (χ2v) is 5.74. The maximum atomic E-state index is 12.6. The number of hydrogen-bond donors (Lipinski definition) is 2. The third-order valence-corrected chi connectivity index (χ3v) is 3.79. The van der Waals surface area contributed by atoms with Crippen molar-refractivity contribution in [2.24, 2.45) is 5.92 Å². The minimum Gasteiger partial charge on any atom is -0.497 e. The molecule has 0 aliphatic heterocycles. The van der Waals surface area contributed by atoms with Crippen LogP contribution in [0.25, 0.3) is 0 Å². The van der Waals surface area contributed by atoms with Crippen molar-refractivity contribution in [2.45, 2.75) is 19.5 Å². The minimum absolute atomic E-state index is 0.278. The molecule has 7 heteroatoms. The van der Waals surface area contributed by atoms with Crippen molar-refractivity contribution < 1.29 is 22.7 Å². The molecule has 0 aliphatic carbocycles. The fraction of sp³-hybridized carbons (Fsp3) is 0.278. The van der Waals surface area contributed by atoms with Gasteiger partial charge in [0.05, 0.1) is 24.0 Å². The van der Waals surface area contributed by atoms with E-state index in [0.717, 1.165) is 12.1 Å². The molecule has 3 N–H and O–H groups in total. The van der Waals surface area contributed by atoms with E-state index in [-0.39, 0.29) is 5.91 Å². The molecule has 1 atom stereocenters. The lowest BCUT2D eigenvalue weighted by atomic mass is 9.99. The first kappa shape index (κ1) is 18.6. The molecule has 0 saturated carbocycles. The summed E-state index contributed by atoms with van der Waals surface area (Å²) in [4.78, 5) is 12.3. The Morgan fingerprint density at radius 3 is 2.40 bits per heavy atom. The Bertz CT molecular complexity index is 743. The number of carbonyl (C=O) groups excluding carboxylic acids is 1. The number of hydrogen-bond acceptors (Lipinski definition) is 3. The van der Waals surface area contributed by atoms with Crippen molar-refractivity contribution in [3.05, 3.63) is 53.6 Å². The summed E-state index contributed by atoms with van der Waals surface area (Å²) in [5.41, 5.74) is 6.60. The van der Waals surface area contributed by atoms with Crippen molar-refractivity contribution in [3.8, 4) is 5.75 Å². The first-order valence-corrected chi connectivity index (χ1v) is 7.61. The molecule has 1 unspecified atom stereocenters. The number of methoxy groups -OCH3 is 1. The van der Waals surface area contributed by atoms with E-state index in [1.807, 2.05) is 0 Å². The Labute approximate surface area is 143 Å². The van der Waals surface area contributed by atoms with Crippen molar-refractivity contribution >= 4 is 17.3 Å². The van der Waals surface area contributed by atoms with Crippen LogP contribution in [0.15, 0.2) is 42.5 Å². The minimum atomic E-state index is -4.37. The van der Waals surface area contributed by atoms with Gasteiger partial charge in [0.2, 0.25) is 5.91 Å². The Morgan fingerprint density at radius 2 is 1.84 bits per heavy atom. The molecule has 0 bridgehead atoms. The first-order valence-electron chi connectivity index (χ1n) is 7.61. The second kappa shape index (κ2) is 7.46. The molecule has 0 fully saturated rings. The van der Waals surface area contributed by atoms with Gasteiger partial charge in [-0.3, -0.25) is 4.79 Å². The number of amides is 1. The Kier molecular flexibility index (Phi) is 5.56. The highest BCUT2D eigenvalue weighted by Crippen LogP contribution is 2.29. The van der Waals surface area contributed by atoms with E-state index >= 15 is 0 Å². The van der Waals surface area contributed by atoms with E-state index in [9.17, 15) is 18.0 Å². The SMILES string of the molecule is COc1ccc(N)c(NC(=O)C(C)Cc2ccc(C(F)(F)F)cc2)c1. The van der Waals surface area contributed by atoms with Gasteiger partial charge in [0.1, 0.15) is 5.75 Å². The average Bonchev–Trinajstić information content (AvgIpc) is 2.56.